The fourth-order valence-corrected chi connectivity index (χ4v) is 2.38. The Morgan fingerprint density at radius 2 is 1.70 bits per heavy atom. The van der Waals surface area contributed by atoms with E-state index in [1.165, 1.54) is 0 Å². The number of methoxy groups -OCH3 is 1. The highest BCUT2D eigenvalue weighted by Gasteiger charge is 2.04. The quantitative estimate of drug-likeness (QED) is 0.682. The van der Waals surface area contributed by atoms with Gasteiger partial charge in [-0.3, -0.25) is 4.79 Å². The van der Waals surface area contributed by atoms with Crippen LogP contribution in [0.15, 0.2) is 53.0 Å². The van der Waals surface area contributed by atoms with Crippen LogP contribution in [-0.4, -0.2) is 26.2 Å². The maximum Gasteiger partial charge on any atom is 0.228 e. The topological polar surface area (TPSA) is 50.4 Å². The van der Waals surface area contributed by atoms with Gasteiger partial charge in [0.2, 0.25) is 5.91 Å². The largest absolute Gasteiger partial charge is 0.385 e. The predicted octanol–water partition coefficient (Wildman–Crippen LogP) is 4.08. The molecule has 0 saturated carbocycles. The Bertz CT molecular complexity index is 612. The van der Waals surface area contributed by atoms with Gasteiger partial charge in [0, 0.05) is 36.1 Å². The highest BCUT2D eigenvalue weighted by molar-refractivity contribution is 9.10. The van der Waals surface area contributed by atoms with Crippen molar-refractivity contribution in [1.29, 1.82) is 0 Å². The Labute approximate surface area is 145 Å². The number of carbonyl (C=O) groups excluding carboxylic acids is 1. The van der Waals surface area contributed by atoms with Crippen LogP contribution >= 0.6 is 15.9 Å². The molecule has 2 N–H and O–H groups in total. The Hall–Kier alpha value is -1.85. The minimum Gasteiger partial charge on any atom is -0.385 e. The zero-order valence-electron chi connectivity index (χ0n) is 13.1. The summed E-state index contributed by atoms with van der Waals surface area (Å²) in [6.07, 6.45) is 1.33. The minimum atomic E-state index is -0.0203. The molecule has 0 heterocycles. The normalized spacial score (nSPS) is 10.3. The van der Waals surface area contributed by atoms with E-state index in [9.17, 15) is 4.79 Å². The van der Waals surface area contributed by atoms with Crippen LogP contribution in [0.1, 0.15) is 12.0 Å². The van der Waals surface area contributed by atoms with E-state index in [-0.39, 0.29) is 5.91 Å². The van der Waals surface area contributed by atoms with Gasteiger partial charge in [0.25, 0.3) is 0 Å². The molecule has 4 nitrogen and oxygen atoms in total. The lowest BCUT2D eigenvalue weighted by molar-refractivity contribution is -0.115. The first-order chi connectivity index (χ1) is 11.2. The van der Waals surface area contributed by atoms with Crippen LogP contribution in [0.5, 0.6) is 0 Å². The minimum absolute atomic E-state index is 0.0203. The number of anilines is 2. The number of hydrogen-bond acceptors (Lipinski definition) is 3. The van der Waals surface area contributed by atoms with E-state index in [2.05, 4.69) is 26.6 Å². The molecule has 0 atom stereocenters. The summed E-state index contributed by atoms with van der Waals surface area (Å²) in [4.78, 5) is 12.0. The first-order valence-electron chi connectivity index (χ1n) is 7.54. The monoisotopic (exact) mass is 376 g/mol. The molecule has 0 unspecified atom stereocenters. The van der Waals surface area contributed by atoms with Gasteiger partial charge in [-0.05, 0) is 48.4 Å². The van der Waals surface area contributed by atoms with Crippen molar-refractivity contribution < 1.29 is 9.53 Å². The van der Waals surface area contributed by atoms with Gasteiger partial charge in [-0.25, -0.2) is 0 Å². The molecule has 0 spiro atoms. The van der Waals surface area contributed by atoms with Gasteiger partial charge < -0.3 is 15.4 Å². The summed E-state index contributed by atoms with van der Waals surface area (Å²) in [5.41, 5.74) is 2.82. The summed E-state index contributed by atoms with van der Waals surface area (Å²) < 4.78 is 6.02. The van der Waals surface area contributed by atoms with Crippen molar-refractivity contribution in [1.82, 2.24) is 0 Å². The highest BCUT2D eigenvalue weighted by Crippen LogP contribution is 2.15. The van der Waals surface area contributed by atoms with Crippen LogP contribution in [0, 0.1) is 0 Å². The number of rotatable bonds is 8. The Kier molecular flexibility index (Phi) is 7.10. The van der Waals surface area contributed by atoms with Gasteiger partial charge >= 0.3 is 0 Å². The van der Waals surface area contributed by atoms with E-state index in [4.69, 9.17) is 4.74 Å². The molecule has 0 aliphatic carbocycles. The van der Waals surface area contributed by atoms with Crippen LogP contribution in [0.25, 0.3) is 0 Å². The highest BCUT2D eigenvalue weighted by atomic mass is 79.9. The third-order valence-electron chi connectivity index (χ3n) is 3.30. The van der Waals surface area contributed by atoms with Crippen LogP contribution in [0.4, 0.5) is 11.4 Å². The molecule has 2 rings (SSSR count). The second kappa shape index (κ2) is 9.33. The Morgan fingerprint density at radius 3 is 2.35 bits per heavy atom. The van der Waals surface area contributed by atoms with E-state index >= 15 is 0 Å². The van der Waals surface area contributed by atoms with Crippen molar-refractivity contribution >= 4 is 33.2 Å². The second-order valence-electron chi connectivity index (χ2n) is 5.20. The molecule has 2 aromatic carbocycles. The number of carbonyl (C=O) groups is 1. The molecule has 0 aliphatic rings. The van der Waals surface area contributed by atoms with Crippen LogP contribution in [0.3, 0.4) is 0 Å². The summed E-state index contributed by atoms with van der Waals surface area (Å²) in [6.45, 7) is 1.61. The number of amides is 1. The van der Waals surface area contributed by atoms with Gasteiger partial charge in [-0.1, -0.05) is 28.1 Å². The first kappa shape index (κ1) is 17.5. The molecule has 0 fully saturated rings. The third kappa shape index (κ3) is 6.42. The van der Waals surface area contributed by atoms with Crippen LogP contribution < -0.4 is 10.6 Å². The van der Waals surface area contributed by atoms with Gasteiger partial charge in [-0.15, -0.1) is 0 Å². The molecule has 0 saturated heterocycles. The van der Waals surface area contributed by atoms with Crippen LogP contribution in [-0.2, 0) is 16.0 Å². The van der Waals surface area contributed by atoms with Gasteiger partial charge in [-0.2, -0.15) is 0 Å². The summed E-state index contributed by atoms with van der Waals surface area (Å²) in [5, 5.41) is 6.22. The number of hydrogen-bond donors (Lipinski definition) is 2. The Balaban J connectivity index is 1.80. The number of ether oxygens (including phenoxy) is 1. The van der Waals surface area contributed by atoms with Crippen molar-refractivity contribution in [2.24, 2.45) is 0 Å². The molecule has 23 heavy (non-hydrogen) atoms. The zero-order valence-corrected chi connectivity index (χ0v) is 14.7. The van der Waals surface area contributed by atoms with Crippen molar-refractivity contribution in [3.8, 4) is 0 Å². The number of halogens is 1. The van der Waals surface area contributed by atoms with Gasteiger partial charge in [0.1, 0.15) is 0 Å². The standard InChI is InChI=1S/C18H21BrN2O2/c1-23-12-2-11-20-16-7-9-17(10-8-16)21-18(22)13-14-3-5-15(19)6-4-14/h3-10,20H,2,11-13H2,1H3,(H,21,22). The molecule has 1 amide bonds. The average Bonchev–Trinajstić information content (AvgIpc) is 2.55. The van der Waals surface area contributed by atoms with E-state index in [0.717, 1.165) is 41.0 Å². The van der Waals surface area contributed by atoms with Crippen molar-refractivity contribution in [2.75, 3.05) is 30.9 Å². The van der Waals surface area contributed by atoms with Gasteiger partial charge in [0.05, 0.1) is 6.42 Å². The Morgan fingerprint density at radius 1 is 1.04 bits per heavy atom. The van der Waals surface area contributed by atoms with E-state index in [1.807, 2.05) is 48.5 Å². The maximum absolute atomic E-state index is 12.0. The fraction of sp³-hybridized carbons (Fsp3) is 0.278. The second-order valence-corrected chi connectivity index (χ2v) is 6.12. The molecule has 0 radical (unpaired) electrons. The summed E-state index contributed by atoms with van der Waals surface area (Å²) in [5.74, 6) is -0.0203. The molecule has 0 aliphatic heterocycles. The summed E-state index contributed by atoms with van der Waals surface area (Å²) >= 11 is 3.39. The summed E-state index contributed by atoms with van der Waals surface area (Å²) in [6, 6.07) is 15.5. The van der Waals surface area contributed by atoms with Gasteiger partial charge in [0.15, 0.2) is 0 Å². The predicted molar refractivity (Wildman–Crippen MR) is 97.9 cm³/mol. The third-order valence-corrected chi connectivity index (χ3v) is 3.83. The van der Waals surface area contributed by atoms with E-state index in [1.54, 1.807) is 7.11 Å². The molecule has 0 bridgehead atoms. The average molecular weight is 377 g/mol. The fourth-order valence-electron chi connectivity index (χ4n) is 2.11. The van der Waals surface area contributed by atoms with Crippen molar-refractivity contribution in [3.05, 3.63) is 58.6 Å². The molecular weight excluding hydrogens is 356 g/mol. The van der Waals surface area contributed by atoms with Crippen molar-refractivity contribution in [2.45, 2.75) is 12.8 Å². The zero-order chi connectivity index (χ0) is 16.5. The number of benzene rings is 2. The van der Waals surface area contributed by atoms with Crippen LogP contribution in [0.2, 0.25) is 0 Å². The SMILES string of the molecule is COCCCNc1ccc(NC(=O)Cc2ccc(Br)cc2)cc1. The molecule has 5 heteroatoms. The molecule has 122 valence electrons. The van der Waals surface area contributed by atoms with Crippen molar-refractivity contribution in [3.63, 3.8) is 0 Å². The first-order valence-corrected chi connectivity index (χ1v) is 8.34. The maximum atomic E-state index is 12.0. The van der Waals surface area contributed by atoms with E-state index in [0.29, 0.717) is 6.42 Å². The summed E-state index contributed by atoms with van der Waals surface area (Å²) in [7, 11) is 1.70. The lowest BCUT2D eigenvalue weighted by Gasteiger charge is -2.09. The molecule has 0 aromatic heterocycles. The smallest absolute Gasteiger partial charge is 0.228 e. The lowest BCUT2D eigenvalue weighted by Crippen LogP contribution is -2.14. The number of nitrogens with one attached hydrogen (secondary N) is 2. The lowest BCUT2D eigenvalue weighted by atomic mass is 10.1. The van der Waals surface area contributed by atoms with E-state index < -0.39 is 0 Å². The molecule has 2 aromatic rings. The molecular formula is C18H21BrN2O2.